The highest BCUT2D eigenvalue weighted by Gasteiger charge is 2.25. The van der Waals surface area contributed by atoms with E-state index in [9.17, 15) is 28.3 Å². The summed E-state index contributed by atoms with van der Waals surface area (Å²) in [6, 6.07) is 1.36. The first kappa shape index (κ1) is 18.2. The molecule has 1 heterocycles. The number of fused-ring (bicyclic) bond motifs is 1. The van der Waals surface area contributed by atoms with E-state index < -0.39 is 40.7 Å². The lowest BCUT2D eigenvalue weighted by atomic mass is 9.90. The Kier molecular flexibility index (Phi) is 4.72. The average molecular weight is 374 g/mol. The first-order valence-corrected chi connectivity index (χ1v) is 7.77. The first-order valence-electron chi connectivity index (χ1n) is 7.77. The summed E-state index contributed by atoms with van der Waals surface area (Å²) in [5.74, 6) is -5.68. The maximum Gasteiger partial charge on any atom is 0.347 e. The Morgan fingerprint density at radius 1 is 1.22 bits per heavy atom. The van der Waals surface area contributed by atoms with Crippen molar-refractivity contribution in [2.75, 3.05) is 0 Å². The summed E-state index contributed by atoms with van der Waals surface area (Å²) in [6.07, 6.45) is 6.79. The van der Waals surface area contributed by atoms with Crippen LogP contribution in [0.1, 0.15) is 12.0 Å². The van der Waals surface area contributed by atoms with Crippen LogP contribution in [0.5, 0.6) is 5.75 Å². The van der Waals surface area contributed by atoms with Gasteiger partial charge in [-0.1, -0.05) is 18.2 Å². The number of hydrogen-bond acceptors (Lipinski definition) is 5. The van der Waals surface area contributed by atoms with Gasteiger partial charge in [0.1, 0.15) is 22.5 Å². The normalized spacial score (nSPS) is 16.9. The fraction of sp³-hybridized carbons (Fsp3) is 0.105. The summed E-state index contributed by atoms with van der Waals surface area (Å²) in [7, 11) is 0. The highest BCUT2D eigenvalue weighted by molar-refractivity contribution is 6.18. The van der Waals surface area contributed by atoms with Gasteiger partial charge < -0.3 is 14.6 Å². The van der Waals surface area contributed by atoms with Crippen molar-refractivity contribution in [2.24, 2.45) is 5.92 Å². The Bertz CT molecular complexity index is 1110. The van der Waals surface area contributed by atoms with Crippen molar-refractivity contribution in [3.05, 3.63) is 69.6 Å². The van der Waals surface area contributed by atoms with Crippen LogP contribution in [0.3, 0.4) is 0 Å². The third-order valence-corrected chi connectivity index (χ3v) is 4.07. The lowest BCUT2D eigenvalue weighted by Crippen LogP contribution is -2.21. The Hall–Kier alpha value is -3.55. The molecule has 2 N–H and O–H groups in total. The van der Waals surface area contributed by atoms with Gasteiger partial charge in [-0.3, -0.25) is 4.79 Å². The van der Waals surface area contributed by atoms with Gasteiger partial charge in [0.15, 0.2) is 17.4 Å². The molecule has 1 aromatic carbocycles. The molecule has 27 heavy (non-hydrogen) atoms. The minimum absolute atomic E-state index is 0.0641. The third kappa shape index (κ3) is 3.41. The fourth-order valence-corrected chi connectivity index (χ4v) is 2.69. The molecule has 0 amide bonds. The molecule has 138 valence electrons. The van der Waals surface area contributed by atoms with E-state index in [4.69, 9.17) is 9.52 Å². The third-order valence-electron chi connectivity index (χ3n) is 4.07. The van der Waals surface area contributed by atoms with Gasteiger partial charge in [-0.2, -0.15) is 0 Å². The molecule has 2 aromatic rings. The SMILES string of the molecule is O=C(O)C1=CC=CC(CC=Cc2c(O)c3cc(F)c(F)cc3oc2=O)C1=O. The number of benzene rings is 1. The first-order chi connectivity index (χ1) is 12.8. The van der Waals surface area contributed by atoms with Gasteiger partial charge in [0.25, 0.3) is 0 Å². The van der Waals surface area contributed by atoms with Crippen LogP contribution in [0.25, 0.3) is 17.0 Å². The summed E-state index contributed by atoms with van der Waals surface area (Å²) >= 11 is 0. The molecule has 0 saturated heterocycles. The molecule has 8 heteroatoms. The Morgan fingerprint density at radius 2 is 1.93 bits per heavy atom. The molecule has 0 bridgehead atoms. The predicted molar refractivity (Wildman–Crippen MR) is 91.1 cm³/mol. The number of aliphatic carboxylic acids is 1. The number of rotatable bonds is 4. The topological polar surface area (TPSA) is 105 Å². The van der Waals surface area contributed by atoms with Crippen LogP contribution in [-0.4, -0.2) is 22.0 Å². The van der Waals surface area contributed by atoms with Gasteiger partial charge in [-0.15, -0.1) is 0 Å². The van der Waals surface area contributed by atoms with Crippen LogP contribution in [0.2, 0.25) is 0 Å². The van der Waals surface area contributed by atoms with E-state index in [1.165, 1.54) is 30.4 Å². The second-order valence-electron chi connectivity index (χ2n) is 5.79. The van der Waals surface area contributed by atoms with Gasteiger partial charge >= 0.3 is 11.6 Å². The Balaban J connectivity index is 1.89. The van der Waals surface area contributed by atoms with Crippen molar-refractivity contribution in [3.63, 3.8) is 0 Å². The molecule has 3 rings (SSSR count). The van der Waals surface area contributed by atoms with E-state index in [0.717, 1.165) is 0 Å². The average Bonchev–Trinajstić information content (AvgIpc) is 2.61. The highest BCUT2D eigenvalue weighted by Crippen LogP contribution is 2.29. The predicted octanol–water partition coefficient (Wildman–Crippen LogP) is 2.95. The number of carboxylic acids is 1. The van der Waals surface area contributed by atoms with Crippen LogP contribution < -0.4 is 5.63 Å². The van der Waals surface area contributed by atoms with Crippen LogP contribution in [-0.2, 0) is 9.59 Å². The van der Waals surface area contributed by atoms with Gasteiger partial charge in [0.05, 0.1) is 5.39 Å². The monoisotopic (exact) mass is 374 g/mol. The maximum absolute atomic E-state index is 13.4. The number of allylic oxidation sites excluding steroid dienone is 4. The van der Waals surface area contributed by atoms with Crippen molar-refractivity contribution >= 4 is 28.8 Å². The van der Waals surface area contributed by atoms with Crippen molar-refractivity contribution in [2.45, 2.75) is 6.42 Å². The molecule has 1 aliphatic rings. The lowest BCUT2D eigenvalue weighted by molar-refractivity contribution is -0.135. The summed E-state index contributed by atoms with van der Waals surface area (Å²) in [5, 5.41) is 19.0. The molecule has 1 atom stereocenters. The number of ketones is 1. The summed E-state index contributed by atoms with van der Waals surface area (Å²) in [6.45, 7) is 0. The number of aromatic hydroxyl groups is 1. The summed E-state index contributed by atoms with van der Waals surface area (Å²) in [4.78, 5) is 35.0. The number of hydrogen-bond donors (Lipinski definition) is 2. The van der Waals surface area contributed by atoms with E-state index in [0.29, 0.717) is 12.1 Å². The molecular weight excluding hydrogens is 362 g/mol. The lowest BCUT2D eigenvalue weighted by Gasteiger charge is -2.12. The van der Waals surface area contributed by atoms with Gasteiger partial charge in [0, 0.05) is 12.0 Å². The molecule has 1 aromatic heterocycles. The number of carbonyl (C=O) groups is 2. The standard InChI is InChI=1S/C19H12F2O6/c20-13-7-12-15(8-14(13)21)27-19(26)11(17(12)23)6-2-4-9-3-1-5-10(16(9)22)18(24)25/h1-3,5-9,23H,4H2,(H,24,25). The van der Waals surface area contributed by atoms with E-state index in [2.05, 4.69) is 0 Å². The molecule has 1 unspecified atom stereocenters. The quantitative estimate of drug-likeness (QED) is 0.630. The smallest absolute Gasteiger partial charge is 0.347 e. The Labute approximate surface area is 150 Å². The molecule has 0 fully saturated rings. The molecule has 0 radical (unpaired) electrons. The van der Waals surface area contributed by atoms with Crippen LogP contribution in [0.15, 0.2) is 51.2 Å². The van der Waals surface area contributed by atoms with Gasteiger partial charge in [0.2, 0.25) is 0 Å². The number of carbonyl (C=O) groups excluding carboxylic acids is 1. The zero-order valence-electron chi connectivity index (χ0n) is 13.6. The zero-order valence-corrected chi connectivity index (χ0v) is 13.6. The number of carboxylic acid groups (broad SMARTS) is 1. The van der Waals surface area contributed by atoms with Crippen LogP contribution in [0, 0.1) is 17.6 Å². The van der Waals surface area contributed by atoms with E-state index in [1.54, 1.807) is 0 Å². The second kappa shape index (κ2) is 6.99. The van der Waals surface area contributed by atoms with E-state index in [-0.39, 0.29) is 28.5 Å². The van der Waals surface area contributed by atoms with Gasteiger partial charge in [-0.25, -0.2) is 18.4 Å². The largest absolute Gasteiger partial charge is 0.506 e. The minimum Gasteiger partial charge on any atom is -0.506 e. The molecule has 1 aliphatic carbocycles. The summed E-state index contributed by atoms with van der Waals surface area (Å²) in [5.41, 5.74) is -1.93. The van der Waals surface area contributed by atoms with Crippen LogP contribution in [0.4, 0.5) is 8.78 Å². The van der Waals surface area contributed by atoms with Gasteiger partial charge in [-0.05, 0) is 24.6 Å². The fourth-order valence-electron chi connectivity index (χ4n) is 2.69. The maximum atomic E-state index is 13.4. The van der Waals surface area contributed by atoms with Crippen molar-refractivity contribution in [1.29, 1.82) is 0 Å². The number of Topliss-reactive ketones (excluding diaryl/α,β-unsaturated/α-hetero) is 1. The molecule has 0 aliphatic heterocycles. The molecule has 6 nitrogen and oxygen atoms in total. The Morgan fingerprint density at radius 3 is 2.63 bits per heavy atom. The second-order valence-corrected chi connectivity index (χ2v) is 5.79. The number of halogens is 2. The minimum atomic E-state index is -1.33. The molecule has 0 spiro atoms. The van der Waals surface area contributed by atoms with E-state index >= 15 is 0 Å². The zero-order chi connectivity index (χ0) is 19.7. The van der Waals surface area contributed by atoms with Crippen molar-refractivity contribution in [3.8, 4) is 5.75 Å². The van der Waals surface area contributed by atoms with Crippen molar-refractivity contribution < 1.29 is 33.0 Å². The van der Waals surface area contributed by atoms with E-state index in [1.807, 2.05) is 0 Å². The van der Waals surface area contributed by atoms with Crippen LogP contribution >= 0.6 is 0 Å². The van der Waals surface area contributed by atoms with Crippen molar-refractivity contribution in [1.82, 2.24) is 0 Å². The summed E-state index contributed by atoms with van der Waals surface area (Å²) < 4.78 is 31.5. The molecular formula is C19H12F2O6. The molecule has 0 saturated carbocycles. The highest BCUT2D eigenvalue weighted by atomic mass is 19.2.